The number of aldehydes is 1. The van der Waals surface area contributed by atoms with E-state index < -0.39 is 5.82 Å². The highest BCUT2D eigenvalue weighted by Gasteiger charge is 2.32. The maximum atomic E-state index is 13.9. The molecular formula is C22H24F2N2O3. The van der Waals surface area contributed by atoms with Crippen LogP contribution in [-0.4, -0.2) is 53.8 Å². The largest absolute Gasteiger partial charge is 0.480 e. The first-order valence-corrected chi connectivity index (χ1v) is 9.53. The Morgan fingerprint density at radius 3 is 2.52 bits per heavy atom. The molecular weight excluding hydrogens is 378 g/mol. The molecule has 2 aromatic carbocycles. The Morgan fingerprint density at radius 2 is 1.83 bits per heavy atom. The first-order valence-electron chi connectivity index (χ1n) is 9.53. The Labute approximate surface area is 168 Å². The van der Waals surface area contributed by atoms with Crippen molar-refractivity contribution in [1.82, 2.24) is 9.80 Å². The smallest absolute Gasteiger partial charge is 0.260 e. The Bertz CT molecular complexity index is 873. The summed E-state index contributed by atoms with van der Waals surface area (Å²) in [6.45, 7) is 5.46. The molecule has 1 fully saturated rings. The van der Waals surface area contributed by atoms with Crippen molar-refractivity contribution in [1.29, 1.82) is 0 Å². The van der Waals surface area contributed by atoms with E-state index in [2.05, 4.69) is 4.90 Å². The van der Waals surface area contributed by atoms with Crippen molar-refractivity contribution in [2.24, 2.45) is 0 Å². The molecule has 7 heteroatoms. The van der Waals surface area contributed by atoms with Crippen LogP contribution in [0.2, 0.25) is 0 Å². The van der Waals surface area contributed by atoms with Gasteiger partial charge in [0, 0.05) is 31.7 Å². The molecule has 5 nitrogen and oxygen atoms in total. The van der Waals surface area contributed by atoms with Crippen LogP contribution in [0.4, 0.5) is 8.78 Å². The molecule has 1 heterocycles. The lowest BCUT2D eigenvalue weighted by atomic mass is 10.1. The second-order valence-corrected chi connectivity index (χ2v) is 7.36. The molecule has 154 valence electrons. The first kappa shape index (κ1) is 20.9. The summed E-state index contributed by atoms with van der Waals surface area (Å²) >= 11 is 0. The number of halogens is 2. The summed E-state index contributed by atoms with van der Waals surface area (Å²) in [6, 6.07) is 10.5. The molecule has 0 aromatic heterocycles. The van der Waals surface area contributed by atoms with Gasteiger partial charge in [-0.25, -0.2) is 8.78 Å². The SMILES string of the molecule is C[C@@H]1CN(Cc2ccc(F)cc2)[C@@H](C)CN1C(=O)COc1c(F)cccc1C=O. The molecule has 3 rings (SSSR count). The molecule has 0 spiro atoms. The summed E-state index contributed by atoms with van der Waals surface area (Å²) < 4.78 is 32.4. The van der Waals surface area contributed by atoms with Crippen LogP contribution in [-0.2, 0) is 11.3 Å². The maximum Gasteiger partial charge on any atom is 0.260 e. The van der Waals surface area contributed by atoms with Crippen LogP contribution in [0.3, 0.4) is 0 Å². The fraction of sp³-hybridized carbons (Fsp3) is 0.364. The summed E-state index contributed by atoms with van der Waals surface area (Å²) in [6.07, 6.45) is 0.502. The van der Waals surface area contributed by atoms with Gasteiger partial charge in [0.25, 0.3) is 5.91 Å². The van der Waals surface area contributed by atoms with E-state index in [1.165, 1.54) is 30.3 Å². The highest BCUT2D eigenvalue weighted by molar-refractivity contribution is 5.81. The van der Waals surface area contributed by atoms with Crippen LogP contribution in [0.25, 0.3) is 0 Å². The molecule has 0 unspecified atom stereocenters. The minimum atomic E-state index is -0.673. The van der Waals surface area contributed by atoms with Gasteiger partial charge in [0.1, 0.15) is 5.82 Å². The molecule has 0 aliphatic carbocycles. The molecule has 2 atom stereocenters. The second-order valence-electron chi connectivity index (χ2n) is 7.36. The number of ether oxygens (including phenoxy) is 1. The van der Waals surface area contributed by atoms with Crippen LogP contribution < -0.4 is 4.74 Å². The summed E-state index contributed by atoms with van der Waals surface area (Å²) in [5.41, 5.74) is 1.08. The van der Waals surface area contributed by atoms with Crippen molar-refractivity contribution in [3.8, 4) is 5.75 Å². The zero-order valence-electron chi connectivity index (χ0n) is 16.5. The minimum Gasteiger partial charge on any atom is -0.480 e. The normalized spacial score (nSPS) is 19.8. The number of hydrogen-bond donors (Lipinski definition) is 0. The average molecular weight is 402 g/mol. The number of carbonyl (C=O) groups is 2. The van der Waals surface area contributed by atoms with Crippen LogP contribution in [0, 0.1) is 11.6 Å². The Hall–Kier alpha value is -2.80. The average Bonchev–Trinajstić information content (AvgIpc) is 2.70. The number of amides is 1. The van der Waals surface area contributed by atoms with Crippen LogP contribution in [0.1, 0.15) is 29.8 Å². The predicted octanol–water partition coefficient (Wildman–Crippen LogP) is 3.28. The summed E-state index contributed by atoms with van der Waals surface area (Å²) in [5.74, 6) is -1.40. The second kappa shape index (κ2) is 9.13. The molecule has 0 bridgehead atoms. The van der Waals surface area contributed by atoms with Gasteiger partial charge in [0.15, 0.2) is 24.5 Å². The quantitative estimate of drug-likeness (QED) is 0.696. The first-order chi connectivity index (χ1) is 13.9. The van der Waals surface area contributed by atoms with Gasteiger partial charge in [-0.05, 0) is 43.7 Å². The van der Waals surface area contributed by atoms with Crippen molar-refractivity contribution >= 4 is 12.2 Å². The van der Waals surface area contributed by atoms with E-state index >= 15 is 0 Å². The Kier molecular flexibility index (Phi) is 6.59. The monoisotopic (exact) mass is 402 g/mol. The molecule has 0 N–H and O–H groups in total. The third kappa shape index (κ3) is 4.98. The summed E-state index contributed by atoms with van der Waals surface area (Å²) in [5, 5.41) is 0. The van der Waals surface area contributed by atoms with E-state index in [4.69, 9.17) is 4.74 Å². The minimum absolute atomic E-state index is 0.0612. The molecule has 1 aliphatic heterocycles. The summed E-state index contributed by atoms with van der Waals surface area (Å²) in [7, 11) is 0. The standard InChI is InChI=1S/C22H24F2N2O3/c1-15-11-26(16(2)10-25(15)12-17-6-8-19(23)9-7-17)21(28)14-29-22-18(13-27)4-3-5-20(22)24/h3-9,13,15-16H,10-12,14H2,1-2H3/t15-,16+/m0/s1. The van der Waals surface area contributed by atoms with E-state index in [0.717, 1.165) is 5.56 Å². The highest BCUT2D eigenvalue weighted by atomic mass is 19.1. The molecule has 1 aliphatic rings. The van der Waals surface area contributed by atoms with Gasteiger partial charge in [0.05, 0.1) is 5.56 Å². The number of carbonyl (C=O) groups excluding carboxylic acids is 2. The van der Waals surface area contributed by atoms with Crippen molar-refractivity contribution in [2.75, 3.05) is 19.7 Å². The van der Waals surface area contributed by atoms with Crippen molar-refractivity contribution in [3.05, 3.63) is 65.2 Å². The third-order valence-electron chi connectivity index (χ3n) is 5.20. The van der Waals surface area contributed by atoms with E-state index in [9.17, 15) is 18.4 Å². The third-order valence-corrected chi connectivity index (χ3v) is 5.20. The fourth-order valence-electron chi connectivity index (χ4n) is 3.58. The maximum absolute atomic E-state index is 13.9. The highest BCUT2D eigenvalue weighted by Crippen LogP contribution is 2.22. The fourth-order valence-corrected chi connectivity index (χ4v) is 3.58. The van der Waals surface area contributed by atoms with E-state index in [0.29, 0.717) is 25.9 Å². The predicted molar refractivity (Wildman–Crippen MR) is 105 cm³/mol. The van der Waals surface area contributed by atoms with Crippen LogP contribution in [0.15, 0.2) is 42.5 Å². The van der Waals surface area contributed by atoms with Gasteiger partial charge >= 0.3 is 0 Å². The topological polar surface area (TPSA) is 49.9 Å². The van der Waals surface area contributed by atoms with Gasteiger partial charge in [-0.1, -0.05) is 18.2 Å². The summed E-state index contributed by atoms with van der Waals surface area (Å²) in [4.78, 5) is 27.7. The van der Waals surface area contributed by atoms with Crippen molar-refractivity contribution in [2.45, 2.75) is 32.5 Å². The number of benzene rings is 2. The van der Waals surface area contributed by atoms with E-state index in [-0.39, 0.29) is 41.7 Å². The molecule has 1 saturated heterocycles. The number of rotatable bonds is 6. The van der Waals surface area contributed by atoms with Gasteiger partial charge in [-0.2, -0.15) is 0 Å². The molecule has 29 heavy (non-hydrogen) atoms. The zero-order chi connectivity index (χ0) is 21.0. The van der Waals surface area contributed by atoms with E-state index in [1.807, 2.05) is 13.8 Å². The lowest BCUT2D eigenvalue weighted by molar-refractivity contribution is -0.139. The lowest BCUT2D eigenvalue weighted by Gasteiger charge is -2.44. The van der Waals surface area contributed by atoms with Crippen molar-refractivity contribution < 1.29 is 23.1 Å². The number of piperazine rings is 1. The number of para-hydroxylation sites is 1. The molecule has 0 saturated carbocycles. The Balaban J connectivity index is 1.60. The zero-order valence-corrected chi connectivity index (χ0v) is 16.5. The van der Waals surface area contributed by atoms with E-state index in [1.54, 1.807) is 17.0 Å². The number of nitrogens with zero attached hydrogens (tertiary/aromatic N) is 2. The van der Waals surface area contributed by atoms with Gasteiger partial charge in [0.2, 0.25) is 0 Å². The molecule has 1 amide bonds. The molecule has 2 aromatic rings. The van der Waals surface area contributed by atoms with Gasteiger partial charge < -0.3 is 9.64 Å². The Morgan fingerprint density at radius 1 is 1.10 bits per heavy atom. The lowest BCUT2D eigenvalue weighted by Crippen LogP contribution is -2.58. The van der Waals surface area contributed by atoms with Crippen LogP contribution >= 0.6 is 0 Å². The van der Waals surface area contributed by atoms with Crippen molar-refractivity contribution in [3.63, 3.8) is 0 Å². The van der Waals surface area contributed by atoms with Gasteiger partial charge in [-0.3, -0.25) is 14.5 Å². The van der Waals surface area contributed by atoms with Crippen LogP contribution in [0.5, 0.6) is 5.75 Å². The number of hydrogen-bond acceptors (Lipinski definition) is 4. The molecule has 0 radical (unpaired) electrons. The van der Waals surface area contributed by atoms with Gasteiger partial charge in [-0.15, -0.1) is 0 Å².